The van der Waals surface area contributed by atoms with Crippen LogP contribution in [0.5, 0.6) is 0 Å². The third kappa shape index (κ3) is 2.91. The van der Waals surface area contributed by atoms with Crippen LogP contribution in [-0.2, 0) is 23.6 Å². The van der Waals surface area contributed by atoms with Crippen molar-refractivity contribution in [1.82, 2.24) is 14.5 Å². The predicted molar refractivity (Wildman–Crippen MR) is 77.5 cm³/mol. The van der Waals surface area contributed by atoms with Gasteiger partial charge in [0.15, 0.2) is 0 Å². The standard InChI is InChI=1S/C13H17FN4O2S/c1-8-10(9(2)18(3)17-8)7-16-21(19,20)13-11(14)5-4-6-12(13)15/h4-6,16H,7,15H2,1-3H3. The van der Waals surface area contributed by atoms with Gasteiger partial charge < -0.3 is 5.73 Å². The zero-order valence-corrected chi connectivity index (χ0v) is 12.8. The molecule has 0 bridgehead atoms. The van der Waals surface area contributed by atoms with Crippen LogP contribution in [0.4, 0.5) is 10.1 Å². The monoisotopic (exact) mass is 312 g/mol. The molecular weight excluding hydrogens is 295 g/mol. The maximum atomic E-state index is 13.7. The molecule has 0 radical (unpaired) electrons. The summed E-state index contributed by atoms with van der Waals surface area (Å²) < 4.78 is 42.2. The molecule has 2 rings (SSSR count). The van der Waals surface area contributed by atoms with E-state index >= 15 is 0 Å². The van der Waals surface area contributed by atoms with Crippen LogP contribution in [0, 0.1) is 19.7 Å². The zero-order valence-electron chi connectivity index (χ0n) is 12.0. The summed E-state index contributed by atoms with van der Waals surface area (Å²) in [6.45, 7) is 3.65. The fraction of sp³-hybridized carbons (Fsp3) is 0.308. The number of halogens is 1. The Labute approximate surface area is 122 Å². The van der Waals surface area contributed by atoms with E-state index in [2.05, 4.69) is 9.82 Å². The van der Waals surface area contributed by atoms with Gasteiger partial charge >= 0.3 is 0 Å². The number of nitrogens with zero attached hydrogens (tertiary/aromatic N) is 2. The Morgan fingerprint density at radius 1 is 1.38 bits per heavy atom. The zero-order chi connectivity index (χ0) is 15.8. The molecule has 3 N–H and O–H groups in total. The minimum atomic E-state index is -4.03. The lowest BCUT2D eigenvalue weighted by Crippen LogP contribution is -2.25. The van der Waals surface area contributed by atoms with E-state index in [4.69, 9.17) is 5.73 Å². The number of nitrogen functional groups attached to an aromatic ring is 1. The Morgan fingerprint density at radius 3 is 2.57 bits per heavy atom. The van der Waals surface area contributed by atoms with Crippen molar-refractivity contribution in [2.45, 2.75) is 25.3 Å². The van der Waals surface area contributed by atoms with Gasteiger partial charge in [0.1, 0.15) is 10.7 Å². The average Bonchev–Trinajstić information content (AvgIpc) is 2.60. The first-order valence-corrected chi connectivity index (χ1v) is 7.75. The molecule has 0 atom stereocenters. The molecule has 0 aliphatic heterocycles. The molecule has 1 aromatic carbocycles. The highest BCUT2D eigenvalue weighted by molar-refractivity contribution is 7.89. The normalized spacial score (nSPS) is 11.8. The highest BCUT2D eigenvalue weighted by atomic mass is 32.2. The highest BCUT2D eigenvalue weighted by Gasteiger charge is 2.23. The number of aromatic nitrogens is 2. The van der Waals surface area contributed by atoms with E-state index in [0.717, 1.165) is 23.0 Å². The topological polar surface area (TPSA) is 90.0 Å². The van der Waals surface area contributed by atoms with Gasteiger partial charge in [-0.1, -0.05) is 6.07 Å². The number of sulfonamides is 1. The first kappa shape index (κ1) is 15.5. The second-order valence-corrected chi connectivity index (χ2v) is 6.46. The molecule has 0 unspecified atom stereocenters. The summed E-state index contributed by atoms with van der Waals surface area (Å²) in [6.07, 6.45) is 0. The van der Waals surface area contributed by atoms with Crippen LogP contribution in [0.25, 0.3) is 0 Å². The Hall–Kier alpha value is -1.93. The molecule has 0 aliphatic carbocycles. The minimum Gasteiger partial charge on any atom is -0.398 e. The molecule has 0 saturated carbocycles. The maximum absolute atomic E-state index is 13.7. The predicted octanol–water partition coefficient (Wildman–Crippen LogP) is 1.24. The van der Waals surface area contributed by atoms with Crippen molar-refractivity contribution in [2.24, 2.45) is 7.05 Å². The molecule has 0 amide bonds. The number of nitrogens with one attached hydrogen (secondary N) is 1. The van der Waals surface area contributed by atoms with Crippen LogP contribution in [0.2, 0.25) is 0 Å². The number of benzene rings is 1. The summed E-state index contributed by atoms with van der Waals surface area (Å²) in [5.74, 6) is -0.873. The van der Waals surface area contributed by atoms with E-state index in [0.29, 0.717) is 0 Å². The van der Waals surface area contributed by atoms with Gasteiger partial charge in [-0.15, -0.1) is 0 Å². The lowest BCUT2D eigenvalue weighted by molar-refractivity contribution is 0.558. The van der Waals surface area contributed by atoms with E-state index < -0.39 is 20.7 Å². The number of hydrogen-bond donors (Lipinski definition) is 2. The van der Waals surface area contributed by atoms with Gasteiger partial charge in [0, 0.05) is 24.8 Å². The van der Waals surface area contributed by atoms with Gasteiger partial charge in [0.05, 0.1) is 11.4 Å². The second-order valence-electron chi connectivity index (χ2n) is 4.76. The van der Waals surface area contributed by atoms with Gasteiger partial charge in [0.2, 0.25) is 10.0 Å². The lowest BCUT2D eigenvalue weighted by Gasteiger charge is -2.10. The summed E-state index contributed by atoms with van der Waals surface area (Å²) in [7, 11) is -2.26. The van der Waals surface area contributed by atoms with Crippen molar-refractivity contribution >= 4 is 15.7 Å². The van der Waals surface area contributed by atoms with Crippen molar-refractivity contribution in [1.29, 1.82) is 0 Å². The van der Waals surface area contributed by atoms with Gasteiger partial charge in [-0.3, -0.25) is 4.68 Å². The third-order valence-electron chi connectivity index (χ3n) is 3.36. The van der Waals surface area contributed by atoms with Crippen LogP contribution in [0.3, 0.4) is 0 Å². The lowest BCUT2D eigenvalue weighted by atomic mass is 10.2. The summed E-state index contributed by atoms with van der Waals surface area (Å²) in [6, 6.07) is 3.77. The highest BCUT2D eigenvalue weighted by Crippen LogP contribution is 2.22. The Kier molecular flexibility index (Phi) is 4.02. The van der Waals surface area contributed by atoms with Crippen LogP contribution in [-0.4, -0.2) is 18.2 Å². The van der Waals surface area contributed by atoms with Crippen LogP contribution < -0.4 is 10.5 Å². The van der Waals surface area contributed by atoms with Crippen molar-refractivity contribution in [3.63, 3.8) is 0 Å². The van der Waals surface area contributed by atoms with E-state index in [9.17, 15) is 12.8 Å². The molecule has 0 fully saturated rings. The van der Waals surface area contributed by atoms with E-state index in [1.165, 1.54) is 12.1 Å². The van der Waals surface area contributed by atoms with E-state index in [1.807, 2.05) is 6.92 Å². The van der Waals surface area contributed by atoms with Crippen molar-refractivity contribution in [2.75, 3.05) is 5.73 Å². The molecule has 0 spiro atoms. The molecule has 0 saturated heterocycles. The molecule has 1 heterocycles. The number of anilines is 1. The molecular formula is C13H17FN4O2S. The Bertz CT molecular complexity index is 763. The fourth-order valence-electron chi connectivity index (χ4n) is 2.12. The summed E-state index contributed by atoms with van der Waals surface area (Å²) >= 11 is 0. The summed E-state index contributed by atoms with van der Waals surface area (Å²) in [5, 5.41) is 4.20. The van der Waals surface area contributed by atoms with Crippen molar-refractivity contribution in [3.05, 3.63) is 41.0 Å². The van der Waals surface area contributed by atoms with Gasteiger partial charge in [0.25, 0.3) is 0 Å². The van der Waals surface area contributed by atoms with Crippen molar-refractivity contribution in [3.8, 4) is 0 Å². The number of aryl methyl sites for hydroxylation is 2. The minimum absolute atomic E-state index is 0.0294. The number of nitrogens with two attached hydrogens (primary N) is 1. The second kappa shape index (κ2) is 5.45. The molecule has 2 aromatic rings. The average molecular weight is 312 g/mol. The summed E-state index contributed by atoms with van der Waals surface area (Å²) in [4.78, 5) is -0.524. The first-order valence-electron chi connectivity index (χ1n) is 6.26. The molecule has 1 aromatic heterocycles. The van der Waals surface area contributed by atoms with Crippen LogP contribution in [0.15, 0.2) is 23.1 Å². The fourth-order valence-corrected chi connectivity index (χ4v) is 3.30. The molecule has 6 nitrogen and oxygen atoms in total. The van der Waals surface area contributed by atoms with Gasteiger partial charge in [-0.25, -0.2) is 17.5 Å². The number of rotatable bonds is 4. The molecule has 0 aliphatic rings. The van der Waals surface area contributed by atoms with Gasteiger partial charge in [-0.2, -0.15) is 5.10 Å². The maximum Gasteiger partial charge on any atom is 0.245 e. The Balaban J connectivity index is 2.31. The Morgan fingerprint density at radius 2 is 2.05 bits per heavy atom. The smallest absolute Gasteiger partial charge is 0.245 e. The SMILES string of the molecule is Cc1nn(C)c(C)c1CNS(=O)(=O)c1c(N)cccc1F. The van der Waals surface area contributed by atoms with Crippen molar-refractivity contribution < 1.29 is 12.8 Å². The van der Waals surface area contributed by atoms with Gasteiger partial charge in [-0.05, 0) is 26.0 Å². The van der Waals surface area contributed by atoms with E-state index in [-0.39, 0.29) is 12.2 Å². The molecule has 114 valence electrons. The van der Waals surface area contributed by atoms with Crippen LogP contribution >= 0.6 is 0 Å². The quantitative estimate of drug-likeness (QED) is 0.831. The largest absolute Gasteiger partial charge is 0.398 e. The van der Waals surface area contributed by atoms with E-state index in [1.54, 1.807) is 18.7 Å². The molecule has 21 heavy (non-hydrogen) atoms. The number of hydrogen-bond acceptors (Lipinski definition) is 4. The first-order chi connectivity index (χ1) is 9.74. The third-order valence-corrected chi connectivity index (χ3v) is 4.86. The van der Waals surface area contributed by atoms with Crippen LogP contribution in [0.1, 0.15) is 17.0 Å². The summed E-state index contributed by atoms with van der Waals surface area (Å²) in [5.41, 5.74) is 7.77. The molecule has 8 heteroatoms.